The zero-order chi connectivity index (χ0) is 25.1. The van der Waals surface area contributed by atoms with Crippen LogP contribution in [0.25, 0.3) is 0 Å². The molecule has 2 aromatic rings. The number of thiazole rings is 1. The van der Waals surface area contributed by atoms with E-state index in [1.54, 1.807) is 5.38 Å². The summed E-state index contributed by atoms with van der Waals surface area (Å²) in [6.45, 7) is 4.15. The highest BCUT2D eigenvalue weighted by Crippen LogP contribution is 2.41. The Bertz CT molecular complexity index is 1180. The van der Waals surface area contributed by atoms with Gasteiger partial charge in [-0.05, 0) is 11.5 Å². The molecule has 2 aromatic heterocycles. The number of fused-ring (bicyclic) bond motifs is 1. The monoisotopic (exact) mass is 538 g/mol. The van der Waals surface area contributed by atoms with Crippen LogP contribution in [0.1, 0.15) is 19.5 Å². The summed E-state index contributed by atoms with van der Waals surface area (Å²) in [6.07, 6.45) is 1.53. The first-order valence-electron chi connectivity index (χ1n) is 10.4. The number of oxime groups is 1. The summed E-state index contributed by atoms with van der Waals surface area (Å²) in [5.74, 6) is -1.48. The van der Waals surface area contributed by atoms with Crippen molar-refractivity contribution in [1.29, 1.82) is 0 Å². The van der Waals surface area contributed by atoms with Gasteiger partial charge < -0.3 is 21.0 Å². The SMILES string of the molecule is CC(C)CON=C(C(=O)NC1C(=O)N2C(C(=O)O)=C(CSc3cn[nH]n3)CS[C@@H]12)c1csc(N)n1. The summed E-state index contributed by atoms with van der Waals surface area (Å²) in [5, 5.41) is 28.4. The third-order valence-electron chi connectivity index (χ3n) is 4.87. The average molecular weight is 539 g/mol. The standard InChI is InChI=1S/C19H22N8O5S3/c1-8(2)4-32-25-12(10-7-35-19(20)22-10)15(28)23-13-16(29)27-14(18(30)31)9(6-34-17(13)27)5-33-11-3-21-26-24-11/h3,7-8,13,17H,4-6H2,1-2H3,(H2,20,22)(H,23,28)(H,30,31)(H,21,24,26)/t13?,17-/m0/s1. The summed E-state index contributed by atoms with van der Waals surface area (Å²) in [4.78, 5) is 48.6. The lowest BCUT2D eigenvalue weighted by Gasteiger charge is -2.49. The molecule has 4 heterocycles. The predicted molar refractivity (Wildman–Crippen MR) is 131 cm³/mol. The maximum atomic E-state index is 13.0. The molecule has 2 atom stereocenters. The second-order valence-electron chi connectivity index (χ2n) is 7.92. The molecule has 2 aliphatic rings. The summed E-state index contributed by atoms with van der Waals surface area (Å²) < 4.78 is 0. The highest BCUT2D eigenvalue weighted by Gasteiger charge is 2.54. The molecule has 4 rings (SSSR count). The van der Waals surface area contributed by atoms with E-state index < -0.39 is 29.2 Å². The third kappa shape index (κ3) is 5.43. The van der Waals surface area contributed by atoms with Crippen molar-refractivity contribution >= 4 is 63.5 Å². The summed E-state index contributed by atoms with van der Waals surface area (Å²) in [7, 11) is 0. The number of aliphatic carboxylic acids is 1. The minimum atomic E-state index is -1.20. The normalized spacial score (nSPS) is 20.0. The number of thioether (sulfide) groups is 2. The number of amides is 2. The van der Waals surface area contributed by atoms with Gasteiger partial charge in [-0.1, -0.05) is 30.8 Å². The lowest BCUT2D eigenvalue weighted by atomic mass is 10.0. The number of nitrogens with two attached hydrogens (primary N) is 1. The minimum Gasteiger partial charge on any atom is -0.477 e. The molecular weight excluding hydrogens is 516 g/mol. The van der Waals surface area contributed by atoms with Gasteiger partial charge in [0.2, 0.25) is 0 Å². The second-order valence-corrected chi connectivity index (χ2v) is 10.9. The number of aromatic nitrogens is 4. The molecule has 186 valence electrons. The Hall–Kier alpha value is -3.11. The number of carbonyl (C=O) groups is 3. The number of carbonyl (C=O) groups excluding carboxylic acids is 2. The van der Waals surface area contributed by atoms with Gasteiger partial charge in [-0.2, -0.15) is 10.3 Å². The van der Waals surface area contributed by atoms with Crippen LogP contribution in [0.15, 0.2) is 33.0 Å². The van der Waals surface area contributed by atoms with Gasteiger partial charge in [0.1, 0.15) is 34.4 Å². The van der Waals surface area contributed by atoms with Gasteiger partial charge in [-0.3, -0.25) is 14.5 Å². The first kappa shape index (κ1) is 25.0. The van der Waals surface area contributed by atoms with Crippen molar-refractivity contribution < 1.29 is 24.3 Å². The van der Waals surface area contributed by atoms with E-state index >= 15 is 0 Å². The fourth-order valence-electron chi connectivity index (χ4n) is 3.28. The Balaban J connectivity index is 1.48. The quantitative estimate of drug-likeness (QED) is 0.145. The van der Waals surface area contributed by atoms with Gasteiger partial charge in [0.15, 0.2) is 10.8 Å². The van der Waals surface area contributed by atoms with Crippen LogP contribution in [-0.4, -0.2) is 83.4 Å². The lowest BCUT2D eigenvalue weighted by molar-refractivity contribution is -0.150. The molecule has 0 aromatic carbocycles. The Morgan fingerprint density at radius 2 is 2.29 bits per heavy atom. The van der Waals surface area contributed by atoms with E-state index in [-0.39, 0.29) is 34.8 Å². The van der Waals surface area contributed by atoms with E-state index in [4.69, 9.17) is 10.6 Å². The fraction of sp³-hybridized carbons (Fsp3) is 0.421. The number of aromatic amines is 1. The van der Waals surface area contributed by atoms with Crippen molar-refractivity contribution in [3.05, 3.63) is 28.5 Å². The maximum Gasteiger partial charge on any atom is 0.352 e. The number of rotatable bonds is 10. The molecule has 0 bridgehead atoms. The molecule has 16 heteroatoms. The minimum absolute atomic E-state index is 0.0679. The van der Waals surface area contributed by atoms with Crippen molar-refractivity contribution in [3.8, 4) is 0 Å². The smallest absolute Gasteiger partial charge is 0.352 e. The highest BCUT2D eigenvalue weighted by atomic mass is 32.2. The predicted octanol–water partition coefficient (Wildman–Crippen LogP) is 0.751. The van der Waals surface area contributed by atoms with E-state index in [2.05, 4.69) is 30.9 Å². The van der Waals surface area contributed by atoms with Gasteiger partial charge >= 0.3 is 5.97 Å². The van der Waals surface area contributed by atoms with E-state index in [1.165, 1.54) is 34.6 Å². The molecule has 0 spiro atoms. The number of carboxylic acid groups (broad SMARTS) is 1. The summed E-state index contributed by atoms with van der Waals surface area (Å²) in [5.41, 5.74) is 6.34. The van der Waals surface area contributed by atoms with Crippen molar-refractivity contribution in [3.63, 3.8) is 0 Å². The second kappa shape index (κ2) is 10.7. The van der Waals surface area contributed by atoms with E-state index in [9.17, 15) is 19.5 Å². The van der Waals surface area contributed by atoms with Crippen LogP contribution in [-0.2, 0) is 19.2 Å². The molecule has 5 N–H and O–H groups in total. The number of carboxylic acids is 1. The maximum absolute atomic E-state index is 13.0. The molecule has 13 nitrogen and oxygen atoms in total. The Morgan fingerprint density at radius 1 is 1.49 bits per heavy atom. The average Bonchev–Trinajstić information content (AvgIpc) is 3.49. The topological polar surface area (TPSA) is 189 Å². The van der Waals surface area contributed by atoms with E-state index in [1.807, 2.05) is 13.8 Å². The van der Waals surface area contributed by atoms with Crippen LogP contribution in [0.4, 0.5) is 5.13 Å². The molecule has 0 radical (unpaired) electrons. The zero-order valence-corrected chi connectivity index (χ0v) is 21.1. The fourth-order valence-corrected chi connectivity index (χ4v) is 6.09. The summed E-state index contributed by atoms with van der Waals surface area (Å²) >= 11 is 3.83. The Morgan fingerprint density at radius 3 is 2.91 bits per heavy atom. The Labute approximate surface area is 211 Å². The number of hydrogen-bond acceptors (Lipinski definition) is 12. The van der Waals surface area contributed by atoms with Gasteiger partial charge in [-0.15, -0.1) is 28.2 Å². The molecule has 2 amide bonds. The summed E-state index contributed by atoms with van der Waals surface area (Å²) in [6, 6.07) is -0.919. The number of nitrogens with zero attached hydrogens (tertiary/aromatic N) is 5. The number of nitrogen functional groups attached to an aromatic ring is 1. The molecule has 2 aliphatic heterocycles. The lowest BCUT2D eigenvalue weighted by Crippen LogP contribution is -2.71. The van der Waals surface area contributed by atoms with Crippen LogP contribution in [0.3, 0.4) is 0 Å². The van der Waals surface area contributed by atoms with Gasteiger partial charge in [0.25, 0.3) is 11.8 Å². The van der Waals surface area contributed by atoms with Crippen molar-refractivity contribution in [1.82, 2.24) is 30.6 Å². The number of hydrogen-bond donors (Lipinski definition) is 4. The molecule has 1 unspecified atom stereocenters. The molecule has 1 fully saturated rings. The number of H-pyrrole nitrogens is 1. The van der Waals surface area contributed by atoms with Crippen molar-refractivity contribution in [2.24, 2.45) is 11.1 Å². The van der Waals surface area contributed by atoms with Crippen LogP contribution in [0, 0.1) is 5.92 Å². The number of anilines is 1. The van der Waals surface area contributed by atoms with Crippen LogP contribution in [0.5, 0.6) is 0 Å². The van der Waals surface area contributed by atoms with Gasteiger partial charge in [-0.25, -0.2) is 9.78 Å². The van der Waals surface area contributed by atoms with Crippen LogP contribution in [0.2, 0.25) is 0 Å². The van der Waals surface area contributed by atoms with Gasteiger partial charge in [0.05, 0.1) is 6.20 Å². The molecule has 1 saturated heterocycles. The molecular formula is C19H22N8O5S3. The molecule has 0 aliphatic carbocycles. The molecule has 0 saturated carbocycles. The number of nitrogens with one attached hydrogen (secondary N) is 2. The first-order chi connectivity index (χ1) is 16.8. The van der Waals surface area contributed by atoms with Gasteiger partial charge in [0, 0.05) is 16.9 Å². The van der Waals surface area contributed by atoms with Crippen LogP contribution >= 0.6 is 34.9 Å². The van der Waals surface area contributed by atoms with Crippen molar-refractivity contribution in [2.45, 2.75) is 30.3 Å². The van der Waals surface area contributed by atoms with E-state index in [0.29, 0.717) is 22.1 Å². The zero-order valence-electron chi connectivity index (χ0n) is 18.6. The van der Waals surface area contributed by atoms with Crippen LogP contribution < -0.4 is 11.1 Å². The largest absolute Gasteiger partial charge is 0.477 e. The molecule has 35 heavy (non-hydrogen) atoms. The highest BCUT2D eigenvalue weighted by molar-refractivity contribution is 8.01. The Kier molecular flexibility index (Phi) is 7.61. The first-order valence-corrected chi connectivity index (χ1v) is 13.3. The van der Waals surface area contributed by atoms with Crippen molar-refractivity contribution in [2.75, 3.05) is 23.8 Å². The number of β-lactam (4-membered cyclic amide) rings is 1. The third-order valence-corrected chi connectivity index (χ3v) is 7.87. The van der Waals surface area contributed by atoms with E-state index in [0.717, 1.165) is 11.3 Å².